The minimum absolute atomic E-state index is 0.257. The van der Waals surface area contributed by atoms with Crippen LogP contribution >= 0.6 is 0 Å². The van der Waals surface area contributed by atoms with E-state index in [0.29, 0.717) is 11.5 Å². The molecule has 120 valence electrons. The summed E-state index contributed by atoms with van der Waals surface area (Å²) in [5, 5.41) is 0. The zero-order chi connectivity index (χ0) is 14.9. The van der Waals surface area contributed by atoms with Crippen molar-refractivity contribution in [2.75, 3.05) is 6.54 Å². The Kier molecular flexibility index (Phi) is 4.20. The SMILES string of the molecule is CC1(C)CCCC2(CC1)CN=C(N)N2C1CCCCCC1. The summed E-state index contributed by atoms with van der Waals surface area (Å²) in [5.74, 6) is 0.849. The van der Waals surface area contributed by atoms with Crippen molar-refractivity contribution in [1.82, 2.24) is 4.90 Å². The van der Waals surface area contributed by atoms with Crippen LogP contribution in [0.25, 0.3) is 0 Å². The molecule has 1 spiro atoms. The molecule has 0 bridgehead atoms. The summed E-state index contributed by atoms with van der Waals surface area (Å²) in [6.45, 7) is 5.81. The van der Waals surface area contributed by atoms with Crippen molar-refractivity contribution in [2.24, 2.45) is 16.1 Å². The Morgan fingerprint density at radius 1 is 0.952 bits per heavy atom. The minimum atomic E-state index is 0.257. The van der Waals surface area contributed by atoms with Crippen LogP contribution in [0.3, 0.4) is 0 Å². The van der Waals surface area contributed by atoms with Crippen molar-refractivity contribution >= 4 is 5.96 Å². The summed E-state index contributed by atoms with van der Waals surface area (Å²) in [6, 6.07) is 0.653. The van der Waals surface area contributed by atoms with Crippen molar-refractivity contribution in [3.05, 3.63) is 0 Å². The van der Waals surface area contributed by atoms with E-state index >= 15 is 0 Å². The van der Waals surface area contributed by atoms with Crippen LogP contribution in [0, 0.1) is 5.41 Å². The molecule has 1 atom stereocenters. The fourth-order valence-corrected chi connectivity index (χ4v) is 4.83. The van der Waals surface area contributed by atoms with Gasteiger partial charge in [-0.1, -0.05) is 46.0 Å². The van der Waals surface area contributed by atoms with Crippen molar-refractivity contribution in [3.63, 3.8) is 0 Å². The molecule has 0 aromatic rings. The molecule has 0 saturated heterocycles. The van der Waals surface area contributed by atoms with Crippen molar-refractivity contribution < 1.29 is 0 Å². The maximum absolute atomic E-state index is 6.36. The van der Waals surface area contributed by atoms with E-state index in [4.69, 9.17) is 10.7 Å². The molecule has 3 nitrogen and oxygen atoms in total. The van der Waals surface area contributed by atoms with E-state index < -0.39 is 0 Å². The van der Waals surface area contributed by atoms with Crippen LogP contribution in [0.2, 0.25) is 0 Å². The van der Waals surface area contributed by atoms with Crippen LogP contribution in [0.5, 0.6) is 0 Å². The predicted molar refractivity (Wildman–Crippen MR) is 89.4 cm³/mol. The average Bonchev–Trinajstić information content (AvgIpc) is 2.64. The number of nitrogens with two attached hydrogens (primary N) is 1. The molecule has 0 radical (unpaired) electrons. The molecule has 1 heterocycles. The van der Waals surface area contributed by atoms with Crippen molar-refractivity contribution in [2.45, 2.75) is 96.1 Å². The second-order valence-electron chi connectivity index (χ2n) is 8.43. The third-order valence-electron chi connectivity index (χ3n) is 6.25. The number of hydrogen-bond donors (Lipinski definition) is 1. The molecule has 1 aliphatic heterocycles. The van der Waals surface area contributed by atoms with E-state index in [1.165, 1.54) is 70.6 Å². The molecule has 21 heavy (non-hydrogen) atoms. The largest absolute Gasteiger partial charge is 0.370 e. The van der Waals surface area contributed by atoms with Gasteiger partial charge in [0.25, 0.3) is 0 Å². The lowest BCUT2D eigenvalue weighted by atomic mass is 9.82. The van der Waals surface area contributed by atoms with Gasteiger partial charge in [-0.15, -0.1) is 0 Å². The fraction of sp³-hybridized carbons (Fsp3) is 0.944. The summed E-state index contributed by atoms with van der Waals surface area (Å²) in [4.78, 5) is 7.31. The van der Waals surface area contributed by atoms with Gasteiger partial charge in [-0.25, -0.2) is 0 Å². The Morgan fingerprint density at radius 2 is 1.67 bits per heavy atom. The second-order valence-corrected chi connectivity index (χ2v) is 8.43. The van der Waals surface area contributed by atoms with Gasteiger partial charge < -0.3 is 10.6 Å². The van der Waals surface area contributed by atoms with Gasteiger partial charge in [0, 0.05) is 6.04 Å². The molecule has 0 amide bonds. The summed E-state index contributed by atoms with van der Waals surface area (Å²) in [7, 11) is 0. The molecule has 1 unspecified atom stereocenters. The van der Waals surface area contributed by atoms with Crippen LogP contribution in [0.1, 0.15) is 84.5 Å². The smallest absolute Gasteiger partial charge is 0.192 e. The van der Waals surface area contributed by atoms with Gasteiger partial charge in [-0.05, 0) is 43.9 Å². The van der Waals surface area contributed by atoms with E-state index in [1.54, 1.807) is 0 Å². The number of aliphatic imine (C=N–C) groups is 1. The third-order valence-corrected chi connectivity index (χ3v) is 6.25. The van der Waals surface area contributed by atoms with Crippen LogP contribution in [-0.4, -0.2) is 29.0 Å². The van der Waals surface area contributed by atoms with Gasteiger partial charge in [0.1, 0.15) is 0 Å². The van der Waals surface area contributed by atoms with Gasteiger partial charge in [-0.2, -0.15) is 0 Å². The normalized spacial score (nSPS) is 34.6. The lowest BCUT2D eigenvalue weighted by Gasteiger charge is -2.44. The maximum atomic E-state index is 6.36. The number of rotatable bonds is 1. The van der Waals surface area contributed by atoms with Gasteiger partial charge >= 0.3 is 0 Å². The molecule has 3 aliphatic rings. The van der Waals surface area contributed by atoms with Gasteiger partial charge in [0.15, 0.2) is 5.96 Å². The predicted octanol–water partition coefficient (Wildman–Crippen LogP) is 4.07. The molecule has 3 rings (SSSR count). The van der Waals surface area contributed by atoms with Crippen LogP contribution < -0.4 is 5.73 Å². The number of guanidine groups is 1. The average molecular weight is 291 g/mol. The first-order chi connectivity index (χ1) is 10.0. The van der Waals surface area contributed by atoms with E-state index in [2.05, 4.69) is 18.7 Å². The first-order valence-corrected chi connectivity index (χ1v) is 9.12. The molecule has 2 N–H and O–H groups in total. The highest BCUT2D eigenvalue weighted by Crippen LogP contribution is 2.44. The zero-order valence-corrected chi connectivity index (χ0v) is 14.0. The Balaban J connectivity index is 1.80. The van der Waals surface area contributed by atoms with Crippen LogP contribution in [0.15, 0.2) is 4.99 Å². The molecule has 3 heteroatoms. The molecular weight excluding hydrogens is 258 g/mol. The standard InChI is InChI=1S/C18H33N3/c1-17(2)10-7-11-18(13-12-17)14-20-16(19)21(18)15-8-5-3-4-6-9-15/h15H,3-14H2,1-2H3,(H2,19,20). The topological polar surface area (TPSA) is 41.6 Å². The molecule has 0 aromatic heterocycles. The third kappa shape index (κ3) is 3.07. The molecule has 0 aromatic carbocycles. The van der Waals surface area contributed by atoms with Gasteiger partial charge in [-0.3, -0.25) is 4.99 Å². The van der Waals surface area contributed by atoms with Crippen LogP contribution in [-0.2, 0) is 0 Å². The molecular formula is C18H33N3. The Hall–Kier alpha value is -0.730. The van der Waals surface area contributed by atoms with Crippen molar-refractivity contribution in [3.8, 4) is 0 Å². The highest BCUT2D eigenvalue weighted by molar-refractivity contribution is 5.81. The summed E-state index contributed by atoms with van der Waals surface area (Å²) < 4.78 is 0. The molecule has 2 saturated carbocycles. The van der Waals surface area contributed by atoms with Gasteiger partial charge in [0.2, 0.25) is 0 Å². The summed E-state index contributed by atoms with van der Waals surface area (Å²) >= 11 is 0. The monoisotopic (exact) mass is 291 g/mol. The maximum Gasteiger partial charge on any atom is 0.192 e. The lowest BCUT2D eigenvalue weighted by Crippen LogP contribution is -2.56. The first kappa shape index (κ1) is 15.2. The van der Waals surface area contributed by atoms with E-state index in [9.17, 15) is 0 Å². The number of nitrogens with zero attached hydrogens (tertiary/aromatic N) is 2. The highest BCUT2D eigenvalue weighted by Gasteiger charge is 2.46. The Bertz CT molecular complexity index is 393. The fourth-order valence-electron chi connectivity index (χ4n) is 4.83. The quantitative estimate of drug-likeness (QED) is 0.740. The highest BCUT2D eigenvalue weighted by atomic mass is 15.4. The summed E-state index contributed by atoms with van der Waals surface area (Å²) in [6.07, 6.45) is 14.8. The second kappa shape index (κ2) is 5.81. The zero-order valence-electron chi connectivity index (χ0n) is 14.0. The van der Waals surface area contributed by atoms with Crippen LogP contribution in [0.4, 0.5) is 0 Å². The van der Waals surface area contributed by atoms with E-state index in [0.717, 1.165) is 12.5 Å². The van der Waals surface area contributed by atoms with Crippen molar-refractivity contribution in [1.29, 1.82) is 0 Å². The lowest BCUT2D eigenvalue weighted by molar-refractivity contribution is 0.115. The van der Waals surface area contributed by atoms with E-state index in [1.807, 2.05) is 0 Å². The Morgan fingerprint density at radius 3 is 2.38 bits per heavy atom. The van der Waals surface area contributed by atoms with E-state index in [-0.39, 0.29) is 5.54 Å². The molecule has 2 aliphatic carbocycles. The summed E-state index contributed by atoms with van der Waals surface area (Å²) in [5.41, 5.74) is 7.11. The Labute approximate surface area is 130 Å². The number of hydrogen-bond acceptors (Lipinski definition) is 3. The first-order valence-electron chi connectivity index (χ1n) is 9.12. The minimum Gasteiger partial charge on any atom is -0.370 e. The molecule has 2 fully saturated rings. The van der Waals surface area contributed by atoms with Gasteiger partial charge in [0.05, 0.1) is 12.1 Å².